The minimum Gasteiger partial charge on any atom is -0.342 e. The average Bonchev–Trinajstić information content (AvgIpc) is 3.28. The van der Waals surface area contributed by atoms with Crippen molar-refractivity contribution in [2.75, 3.05) is 13.1 Å². The molecule has 3 rings (SSSR count). The minimum absolute atomic E-state index is 0.0277. The molecule has 126 valence electrons. The van der Waals surface area contributed by atoms with Crippen molar-refractivity contribution in [2.45, 2.75) is 31.4 Å². The maximum atomic E-state index is 13.7. The number of benzene rings is 1. The van der Waals surface area contributed by atoms with Crippen LogP contribution in [-0.2, 0) is 4.79 Å². The highest BCUT2D eigenvalue weighted by molar-refractivity contribution is 5.83. The first kappa shape index (κ1) is 16.2. The lowest BCUT2D eigenvalue weighted by Crippen LogP contribution is -2.45. The number of alkyl halides is 3. The number of hydrogen-bond donors (Lipinski definition) is 0. The van der Waals surface area contributed by atoms with E-state index in [-0.39, 0.29) is 24.4 Å². The maximum Gasteiger partial charge on any atom is 0.393 e. The van der Waals surface area contributed by atoms with E-state index in [1.807, 2.05) is 0 Å². The van der Waals surface area contributed by atoms with E-state index in [1.54, 1.807) is 0 Å². The quantitative estimate of drug-likeness (QED) is 0.753. The van der Waals surface area contributed by atoms with E-state index in [4.69, 9.17) is 0 Å². The highest BCUT2D eigenvalue weighted by Gasteiger charge is 2.49. The fourth-order valence-corrected chi connectivity index (χ4v) is 3.29. The Morgan fingerprint density at radius 3 is 2.65 bits per heavy atom. The summed E-state index contributed by atoms with van der Waals surface area (Å²) in [6, 6.07) is 3.06. The molecule has 1 aliphatic carbocycles. The topological polar surface area (TPSA) is 20.3 Å². The zero-order valence-corrected chi connectivity index (χ0v) is 12.2. The van der Waals surface area contributed by atoms with E-state index in [9.17, 15) is 26.7 Å². The third-order valence-corrected chi connectivity index (χ3v) is 4.66. The van der Waals surface area contributed by atoms with E-state index in [0.29, 0.717) is 19.4 Å². The van der Waals surface area contributed by atoms with Crippen molar-refractivity contribution in [1.29, 1.82) is 0 Å². The van der Waals surface area contributed by atoms with Crippen LogP contribution in [0.25, 0.3) is 0 Å². The molecule has 2 aliphatic rings. The molecule has 0 aromatic heterocycles. The van der Waals surface area contributed by atoms with Crippen LogP contribution in [0.3, 0.4) is 0 Å². The predicted molar refractivity (Wildman–Crippen MR) is 72.6 cm³/mol. The Morgan fingerprint density at radius 2 is 1.96 bits per heavy atom. The zero-order chi connectivity index (χ0) is 16.8. The van der Waals surface area contributed by atoms with Crippen LogP contribution in [0, 0.1) is 23.5 Å². The summed E-state index contributed by atoms with van der Waals surface area (Å²) in [5.74, 6) is -4.04. The highest BCUT2D eigenvalue weighted by atomic mass is 19.4. The minimum atomic E-state index is -4.31. The Labute approximate surface area is 130 Å². The number of likely N-dealkylation sites (tertiary alicyclic amines) is 1. The SMILES string of the molecule is O=C(C1CC1c1cc(F)ccc1F)N1CCCC(C(F)(F)F)C1. The van der Waals surface area contributed by atoms with Crippen LogP contribution in [0.5, 0.6) is 0 Å². The molecule has 23 heavy (non-hydrogen) atoms. The molecule has 1 aliphatic heterocycles. The molecule has 0 radical (unpaired) electrons. The second-order valence-electron chi connectivity index (χ2n) is 6.28. The standard InChI is InChI=1S/C16H16F5NO/c17-10-3-4-14(18)12(6-10)11-7-13(11)15(23)22-5-1-2-9(8-22)16(19,20)21/h3-4,6,9,11,13H,1-2,5,7-8H2. The number of rotatable bonds is 2. The normalized spacial score (nSPS) is 27.9. The van der Waals surface area contributed by atoms with Crippen molar-refractivity contribution in [2.24, 2.45) is 11.8 Å². The molecule has 0 bridgehead atoms. The lowest BCUT2D eigenvalue weighted by atomic mass is 9.97. The van der Waals surface area contributed by atoms with Crippen molar-refractivity contribution in [3.8, 4) is 0 Å². The van der Waals surface area contributed by atoms with Crippen molar-refractivity contribution in [3.63, 3.8) is 0 Å². The van der Waals surface area contributed by atoms with Crippen molar-refractivity contribution in [3.05, 3.63) is 35.4 Å². The van der Waals surface area contributed by atoms with Gasteiger partial charge in [0.15, 0.2) is 0 Å². The lowest BCUT2D eigenvalue weighted by Gasteiger charge is -2.34. The van der Waals surface area contributed by atoms with Gasteiger partial charge in [0.05, 0.1) is 5.92 Å². The smallest absolute Gasteiger partial charge is 0.342 e. The van der Waals surface area contributed by atoms with Crippen LogP contribution in [0.2, 0.25) is 0 Å². The van der Waals surface area contributed by atoms with E-state index >= 15 is 0 Å². The van der Waals surface area contributed by atoms with Gasteiger partial charge >= 0.3 is 6.18 Å². The molecular weight excluding hydrogens is 317 g/mol. The van der Waals surface area contributed by atoms with Gasteiger partial charge in [-0.05, 0) is 48.9 Å². The molecular formula is C16H16F5NO. The van der Waals surface area contributed by atoms with Crippen LogP contribution in [0.4, 0.5) is 22.0 Å². The monoisotopic (exact) mass is 333 g/mol. The van der Waals surface area contributed by atoms with Crippen LogP contribution >= 0.6 is 0 Å². The Balaban J connectivity index is 1.67. The summed E-state index contributed by atoms with van der Waals surface area (Å²) in [5.41, 5.74) is 0.132. The Hall–Kier alpha value is -1.66. The molecule has 3 atom stereocenters. The summed E-state index contributed by atoms with van der Waals surface area (Å²) in [7, 11) is 0. The van der Waals surface area contributed by atoms with E-state index in [1.165, 1.54) is 4.90 Å². The zero-order valence-electron chi connectivity index (χ0n) is 12.2. The fourth-order valence-electron chi connectivity index (χ4n) is 3.29. The second-order valence-corrected chi connectivity index (χ2v) is 6.28. The molecule has 7 heteroatoms. The third kappa shape index (κ3) is 3.33. The van der Waals surface area contributed by atoms with Crippen LogP contribution in [-0.4, -0.2) is 30.1 Å². The number of carbonyl (C=O) groups is 1. The largest absolute Gasteiger partial charge is 0.393 e. The maximum absolute atomic E-state index is 13.7. The molecule has 1 aromatic carbocycles. The molecule has 1 saturated carbocycles. The van der Waals surface area contributed by atoms with E-state index in [0.717, 1.165) is 18.2 Å². The van der Waals surface area contributed by atoms with Crippen LogP contribution < -0.4 is 0 Å². The summed E-state index contributed by atoms with van der Waals surface area (Å²) in [5, 5.41) is 0. The van der Waals surface area contributed by atoms with Crippen LogP contribution in [0.15, 0.2) is 18.2 Å². The van der Waals surface area contributed by atoms with Gasteiger partial charge in [-0.1, -0.05) is 0 Å². The first-order valence-electron chi connectivity index (χ1n) is 7.58. The Morgan fingerprint density at radius 1 is 1.22 bits per heavy atom. The Kier molecular flexibility index (Phi) is 4.06. The van der Waals surface area contributed by atoms with Gasteiger partial charge in [-0.25, -0.2) is 8.78 Å². The molecule has 2 fully saturated rings. The summed E-state index contributed by atoms with van der Waals surface area (Å²) in [4.78, 5) is 13.6. The van der Waals surface area contributed by atoms with Gasteiger partial charge in [-0.2, -0.15) is 13.2 Å². The molecule has 1 amide bonds. The van der Waals surface area contributed by atoms with Crippen molar-refractivity contribution < 1.29 is 26.7 Å². The van der Waals surface area contributed by atoms with Gasteiger partial charge < -0.3 is 4.90 Å². The van der Waals surface area contributed by atoms with Gasteiger partial charge in [0, 0.05) is 19.0 Å². The molecule has 1 aromatic rings. The fraction of sp³-hybridized carbons (Fsp3) is 0.562. The molecule has 1 saturated heterocycles. The van der Waals surface area contributed by atoms with Gasteiger partial charge in [0.2, 0.25) is 5.91 Å². The highest BCUT2D eigenvalue weighted by Crippen LogP contribution is 2.50. The van der Waals surface area contributed by atoms with Crippen LogP contribution in [0.1, 0.15) is 30.7 Å². The summed E-state index contributed by atoms with van der Waals surface area (Å²) in [6.45, 7) is -0.0442. The number of piperidine rings is 1. The van der Waals surface area contributed by atoms with E-state index in [2.05, 4.69) is 0 Å². The predicted octanol–water partition coefficient (Wildman–Crippen LogP) is 3.87. The average molecular weight is 333 g/mol. The number of hydrogen-bond acceptors (Lipinski definition) is 1. The molecule has 0 N–H and O–H groups in total. The molecule has 1 heterocycles. The second kappa shape index (κ2) is 5.76. The third-order valence-electron chi connectivity index (χ3n) is 4.66. The number of halogens is 5. The summed E-state index contributed by atoms with van der Waals surface area (Å²) < 4.78 is 65.3. The first-order chi connectivity index (χ1) is 10.8. The molecule has 3 unspecified atom stereocenters. The van der Waals surface area contributed by atoms with E-state index < -0.39 is 35.6 Å². The van der Waals surface area contributed by atoms with Crippen molar-refractivity contribution >= 4 is 5.91 Å². The molecule has 2 nitrogen and oxygen atoms in total. The lowest BCUT2D eigenvalue weighted by molar-refractivity contribution is -0.188. The number of amides is 1. The van der Waals surface area contributed by atoms with Gasteiger partial charge in [0.1, 0.15) is 11.6 Å². The Bertz CT molecular complexity index is 615. The number of nitrogens with zero attached hydrogens (tertiary/aromatic N) is 1. The van der Waals surface area contributed by atoms with Crippen molar-refractivity contribution in [1.82, 2.24) is 4.90 Å². The van der Waals surface area contributed by atoms with Gasteiger partial charge in [-0.3, -0.25) is 4.79 Å². The first-order valence-corrected chi connectivity index (χ1v) is 7.58. The van der Waals surface area contributed by atoms with Gasteiger partial charge in [-0.15, -0.1) is 0 Å². The molecule has 0 spiro atoms. The van der Waals surface area contributed by atoms with Gasteiger partial charge in [0.25, 0.3) is 0 Å². The number of carbonyl (C=O) groups excluding carboxylic acids is 1. The summed E-state index contributed by atoms with van der Waals surface area (Å²) >= 11 is 0. The summed E-state index contributed by atoms with van der Waals surface area (Å²) in [6.07, 6.45) is -3.62.